The Labute approximate surface area is 192 Å². The van der Waals surface area contributed by atoms with Crippen LogP contribution in [0, 0.1) is 0 Å². The van der Waals surface area contributed by atoms with Crippen LogP contribution < -0.4 is 10.6 Å². The molecule has 0 bridgehead atoms. The molecule has 0 aliphatic carbocycles. The molecule has 0 aliphatic rings. The molecule has 0 unspecified atom stereocenters. The van der Waals surface area contributed by atoms with Crippen molar-refractivity contribution in [2.45, 2.75) is 6.92 Å². The lowest BCUT2D eigenvalue weighted by Gasteiger charge is -2.12. The molecular weight excluding hydrogens is 471 g/mol. The molecule has 1 heterocycles. The minimum absolute atomic E-state index is 0.247. The maximum Gasteiger partial charge on any atom is 0.341 e. The number of carbonyl (C=O) groups is 1. The van der Waals surface area contributed by atoms with E-state index in [4.69, 9.17) is 51.8 Å². The molecule has 150 valence electrons. The summed E-state index contributed by atoms with van der Waals surface area (Å²) >= 11 is 25.0. The number of esters is 1. The number of nitrogens with one attached hydrogen (secondary N) is 2. The lowest BCUT2D eigenvalue weighted by molar-refractivity contribution is 0.0528. The van der Waals surface area contributed by atoms with E-state index in [0.717, 1.165) is 10.4 Å². The first kappa shape index (κ1) is 21.9. The molecule has 0 aliphatic heterocycles. The topological polar surface area (TPSA) is 50.4 Å². The molecule has 0 atom stereocenters. The third-order valence-electron chi connectivity index (χ3n) is 3.77. The molecule has 0 radical (unpaired) electrons. The number of carbonyl (C=O) groups excluding carboxylic acids is 1. The second-order valence-electron chi connectivity index (χ2n) is 5.77. The molecule has 29 heavy (non-hydrogen) atoms. The van der Waals surface area contributed by atoms with Crippen LogP contribution in [-0.2, 0) is 4.74 Å². The summed E-state index contributed by atoms with van der Waals surface area (Å²) in [7, 11) is 0. The highest BCUT2D eigenvalue weighted by molar-refractivity contribution is 7.80. The Morgan fingerprint density at radius 1 is 1.03 bits per heavy atom. The van der Waals surface area contributed by atoms with Gasteiger partial charge in [-0.2, -0.15) is 0 Å². The number of hydrogen-bond donors (Lipinski definition) is 2. The van der Waals surface area contributed by atoms with Crippen molar-refractivity contribution >= 4 is 80.1 Å². The van der Waals surface area contributed by atoms with Gasteiger partial charge in [-0.25, -0.2) is 4.79 Å². The fourth-order valence-corrected chi connectivity index (χ4v) is 4.39. The Morgan fingerprint density at radius 3 is 2.41 bits per heavy atom. The highest BCUT2D eigenvalue weighted by Crippen LogP contribution is 2.36. The number of benzene rings is 2. The second kappa shape index (κ2) is 9.78. The van der Waals surface area contributed by atoms with Gasteiger partial charge in [0, 0.05) is 4.88 Å². The Balaban J connectivity index is 1.87. The molecule has 1 aromatic heterocycles. The predicted octanol–water partition coefficient (Wildman–Crippen LogP) is 7.36. The normalized spacial score (nSPS) is 10.5. The Hall–Kier alpha value is -1.83. The molecule has 2 aromatic carbocycles. The van der Waals surface area contributed by atoms with Gasteiger partial charge in [-0.1, -0.05) is 65.1 Å². The van der Waals surface area contributed by atoms with Crippen LogP contribution in [0.15, 0.2) is 48.5 Å². The Bertz CT molecular complexity index is 1060. The summed E-state index contributed by atoms with van der Waals surface area (Å²) in [6.07, 6.45) is 0. The van der Waals surface area contributed by atoms with Gasteiger partial charge in [-0.05, 0) is 42.9 Å². The zero-order valence-electron chi connectivity index (χ0n) is 15.1. The van der Waals surface area contributed by atoms with Gasteiger partial charge in [0.25, 0.3) is 0 Å². The van der Waals surface area contributed by atoms with Crippen molar-refractivity contribution < 1.29 is 9.53 Å². The minimum atomic E-state index is -0.427. The maximum absolute atomic E-state index is 12.4. The van der Waals surface area contributed by atoms with Crippen molar-refractivity contribution in [3.05, 3.63) is 69.2 Å². The molecular formula is C20H15Cl3N2O2S2. The average molecular weight is 486 g/mol. The van der Waals surface area contributed by atoms with Crippen LogP contribution in [0.5, 0.6) is 0 Å². The predicted molar refractivity (Wildman–Crippen MR) is 127 cm³/mol. The highest BCUT2D eigenvalue weighted by atomic mass is 35.5. The van der Waals surface area contributed by atoms with Gasteiger partial charge < -0.3 is 15.4 Å². The summed E-state index contributed by atoms with van der Waals surface area (Å²) < 4.78 is 5.18. The lowest BCUT2D eigenvalue weighted by Crippen LogP contribution is -2.20. The molecule has 3 aromatic rings. The molecule has 4 nitrogen and oxygen atoms in total. The molecule has 0 saturated carbocycles. The van der Waals surface area contributed by atoms with E-state index >= 15 is 0 Å². The van der Waals surface area contributed by atoms with Crippen LogP contribution in [0.3, 0.4) is 0 Å². The van der Waals surface area contributed by atoms with Gasteiger partial charge in [-0.3, -0.25) is 0 Å². The van der Waals surface area contributed by atoms with Crippen molar-refractivity contribution in [3.8, 4) is 10.4 Å². The SMILES string of the molecule is CCOC(=O)c1cc(-c2ccccc2)sc1NC(=S)Nc1cc(Cl)c(Cl)cc1Cl. The van der Waals surface area contributed by atoms with Gasteiger partial charge in [0.1, 0.15) is 5.00 Å². The maximum atomic E-state index is 12.4. The van der Waals surface area contributed by atoms with Crippen LogP contribution in [0.4, 0.5) is 10.7 Å². The molecule has 2 N–H and O–H groups in total. The molecule has 3 rings (SSSR count). The molecule has 0 saturated heterocycles. The second-order valence-corrected chi connectivity index (χ2v) is 8.45. The number of halogens is 3. The third kappa shape index (κ3) is 5.41. The Morgan fingerprint density at radius 2 is 1.72 bits per heavy atom. The number of ether oxygens (including phenoxy) is 1. The van der Waals surface area contributed by atoms with Crippen molar-refractivity contribution in [3.63, 3.8) is 0 Å². The van der Waals surface area contributed by atoms with E-state index in [1.54, 1.807) is 19.1 Å². The zero-order valence-corrected chi connectivity index (χ0v) is 19.0. The molecule has 0 fully saturated rings. The van der Waals surface area contributed by atoms with Crippen LogP contribution in [-0.4, -0.2) is 17.7 Å². The van der Waals surface area contributed by atoms with E-state index in [-0.39, 0.29) is 11.7 Å². The van der Waals surface area contributed by atoms with Gasteiger partial charge in [0.2, 0.25) is 0 Å². The van der Waals surface area contributed by atoms with E-state index in [2.05, 4.69) is 10.6 Å². The summed E-state index contributed by atoms with van der Waals surface area (Å²) in [5.41, 5.74) is 1.89. The van der Waals surface area contributed by atoms with Crippen molar-refractivity contribution in [2.24, 2.45) is 0 Å². The molecule has 0 spiro atoms. The van der Waals surface area contributed by atoms with Crippen molar-refractivity contribution in [1.82, 2.24) is 0 Å². The fraction of sp³-hybridized carbons (Fsp3) is 0.100. The molecule has 0 amide bonds. The Kier molecular flexibility index (Phi) is 7.38. The van der Waals surface area contributed by atoms with E-state index in [9.17, 15) is 4.79 Å². The average Bonchev–Trinajstić information content (AvgIpc) is 3.11. The first-order chi connectivity index (χ1) is 13.9. The molecule has 9 heteroatoms. The van der Waals surface area contributed by atoms with E-state index < -0.39 is 5.97 Å². The fourth-order valence-electron chi connectivity index (χ4n) is 2.46. The summed E-state index contributed by atoms with van der Waals surface area (Å²) in [4.78, 5) is 13.3. The zero-order chi connectivity index (χ0) is 21.0. The van der Waals surface area contributed by atoms with Gasteiger partial charge in [0.15, 0.2) is 5.11 Å². The van der Waals surface area contributed by atoms with E-state index in [1.807, 2.05) is 30.3 Å². The van der Waals surface area contributed by atoms with Crippen LogP contribution in [0.1, 0.15) is 17.3 Å². The number of hydrogen-bond acceptors (Lipinski definition) is 4. The van der Waals surface area contributed by atoms with Crippen LogP contribution in [0.2, 0.25) is 15.1 Å². The van der Waals surface area contributed by atoms with Crippen molar-refractivity contribution in [1.29, 1.82) is 0 Å². The largest absolute Gasteiger partial charge is 0.462 e. The highest BCUT2D eigenvalue weighted by Gasteiger charge is 2.19. The summed E-state index contributed by atoms with van der Waals surface area (Å²) in [6, 6.07) is 14.6. The summed E-state index contributed by atoms with van der Waals surface area (Å²) in [5.74, 6) is -0.427. The summed E-state index contributed by atoms with van der Waals surface area (Å²) in [5, 5.41) is 7.89. The van der Waals surface area contributed by atoms with Crippen molar-refractivity contribution in [2.75, 3.05) is 17.2 Å². The van der Waals surface area contributed by atoms with Gasteiger partial charge in [-0.15, -0.1) is 11.3 Å². The third-order valence-corrected chi connectivity index (χ3v) is 6.11. The number of anilines is 2. The number of rotatable bonds is 5. The van der Waals surface area contributed by atoms with E-state index in [0.29, 0.717) is 31.3 Å². The van der Waals surface area contributed by atoms with E-state index in [1.165, 1.54) is 17.4 Å². The first-order valence-corrected chi connectivity index (χ1v) is 10.8. The lowest BCUT2D eigenvalue weighted by atomic mass is 10.1. The number of thiocarbonyl (C=S) groups is 1. The van der Waals surface area contributed by atoms with Crippen LogP contribution >= 0.6 is 58.4 Å². The minimum Gasteiger partial charge on any atom is -0.462 e. The number of thiophene rings is 1. The van der Waals surface area contributed by atoms with Gasteiger partial charge >= 0.3 is 5.97 Å². The first-order valence-electron chi connectivity index (χ1n) is 8.48. The summed E-state index contributed by atoms with van der Waals surface area (Å²) in [6.45, 7) is 2.03. The van der Waals surface area contributed by atoms with Crippen LogP contribution in [0.25, 0.3) is 10.4 Å². The standard InChI is InChI=1S/C20H15Cl3N2O2S2/c1-2-27-19(26)12-8-17(11-6-4-3-5-7-11)29-18(12)25-20(28)24-16-10-14(22)13(21)9-15(16)23/h3-10H,2H2,1H3,(H2,24,25,28). The van der Waals surface area contributed by atoms with Gasteiger partial charge in [0.05, 0.1) is 32.9 Å². The quantitative estimate of drug-likeness (QED) is 0.224. The monoisotopic (exact) mass is 484 g/mol. The smallest absolute Gasteiger partial charge is 0.341 e.